The van der Waals surface area contributed by atoms with Gasteiger partial charge in [-0.2, -0.15) is 0 Å². The number of aliphatic hydroxyl groups is 1. The van der Waals surface area contributed by atoms with Gasteiger partial charge in [0, 0.05) is 0 Å². The van der Waals surface area contributed by atoms with Crippen LogP contribution in [0.4, 0.5) is 0 Å². The molecule has 0 aliphatic heterocycles. The van der Waals surface area contributed by atoms with Gasteiger partial charge in [0.25, 0.3) is 0 Å². The highest BCUT2D eigenvalue weighted by Crippen LogP contribution is 2.18. The van der Waals surface area contributed by atoms with Crippen LogP contribution in [-0.4, -0.2) is 22.8 Å². The van der Waals surface area contributed by atoms with Gasteiger partial charge < -0.3 is 10.2 Å². The minimum absolute atomic E-state index is 0.353. The fraction of sp³-hybridized carbons (Fsp3) is 0.500. The number of hydrogen-bond donors (Lipinski definition) is 2. The molecule has 0 aliphatic rings. The fourth-order valence-electron chi connectivity index (χ4n) is 1.87. The van der Waals surface area contributed by atoms with Crippen molar-refractivity contribution in [3.05, 3.63) is 35.4 Å². The summed E-state index contributed by atoms with van der Waals surface area (Å²) in [5.41, 5.74) is 1.84. The normalized spacial score (nSPS) is 12.4. The molecule has 3 nitrogen and oxygen atoms in total. The summed E-state index contributed by atoms with van der Waals surface area (Å²) in [5.74, 6) is -1.78. The molecule has 1 atom stereocenters. The summed E-state index contributed by atoms with van der Waals surface area (Å²) in [7, 11) is 0. The summed E-state index contributed by atoms with van der Waals surface area (Å²) in [6.07, 6.45) is 4.46. The first kappa shape index (κ1) is 13.7. The molecule has 3 heteroatoms. The van der Waals surface area contributed by atoms with Crippen molar-refractivity contribution in [3.63, 3.8) is 0 Å². The molecule has 94 valence electrons. The van der Waals surface area contributed by atoms with Crippen molar-refractivity contribution >= 4 is 5.97 Å². The minimum atomic E-state index is -0.974. The van der Waals surface area contributed by atoms with E-state index >= 15 is 0 Å². The van der Waals surface area contributed by atoms with E-state index in [1.54, 1.807) is 6.07 Å². The zero-order chi connectivity index (χ0) is 12.7. The van der Waals surface area contributed by atoms with E-state index in [-0.39, 0.29) is 6.61 Å². The molecule has 0 aliphatic carbocycles. The van der Waals surface area contributed by atoms with Crippen molar-refractivity contribution < 1.29 is 15.0 Å². The zero-order valence-electron chi connectivity index (χ0n) is 10.2. The Morgan fingerprint density at radius 1 is 1.35 bits per heavy atom. The highest BCUT2D eigenvalue weighted by Gasteiger charge is 2.18. The first-order chi connectivity index (χ1) is 8.19. The number of carboxylic acid groups (broad SMARTS) is 1. The van der Waals surface area contributed by atoms with Gasteiger partial charge in [0.1, 0.15) is 5.92 Å². The number of aliphatic hydroxyl groups excluding tert-OH is 1. The van der Waals surface area contributed by atoms with Gasteiger partial charge in [-0.1, -0.05) is 44.0 Å². The predicted molar refractivity (Wildman–Crippen MR) is 67.1 cm³/mol. The lowest BCUT2D eigenvalue weighted by Crippen LogP contribution is -2.15. The zero-order valence-corrected chi connectivity index (χ0v) is 10.2. The maximum atomic E-state index is 10.9. The van der Waals surface area contributed by atoms with Crippen LogP contribution in [0.2, 0.25) is 0 Å². The Kier molecular flexibility index (Phi) is 5.70. The lowest BCUT2D eigenvalue weighted by molar-refractivity contribution is -0.139. The van der Waals surface area contributed by atoms with Crippen LogP contribution in [0.15, 0.2) is 24.3 Å². The number of hydrogen-bond acceptors (Lipinski definition) is 2. The fourth-order valence-corrected chi connectivity index (χ4v) is 1.87. The Morgan fingerprint density at radius 2 is 2.12 bits per heavy atom. The van der Waals surface area contributed by atoms with Gasteiger partial charge in [-0.15, -0.1) is 0 Å². The maximum Gasteiger partial charge on any atom is 0.313 e. The summed E-state index contributed by atoms with van der Waals surface area (Å²) in [5, 5.41) is 18.0. The lowest BCUT2D eigenvalue weighted by atomic mass is 9.96. The van der Waals surface area contributed by atoms with Gasteiger partial charge >= 0.3 is 5.97 Å². The van der Waals surface area contributed by atoms with Gasteiger partial charge in [0.2, 0.25) is 0 Å². The molecule has 0 heterocycles. The summed E-state index contributed by atoms with van der Waals surface area (Å²) in [6, 6.07) is 7.53. The topological polar surface area (TPSA) is 57.5 Å². The molecular weight excluding hydrogens is 216 g/mol. The van der Waals surface area contributed by atoms with Crippen LogP contribution in [-0.2, 0) is 11.2 Å². The van der Waals surface area contributed by atoms with Gasteiger partial charge in [-0.05, 0) is 24.0 Å². The van der Waals surface area contributed by atoms with Gasteiger partial charge in [0.15, 0.2) is 0 Å². The second-order valence-electron chi connectivity index (χ2n) is 4.28. The van der Waals surface area contributed by atoms with E-state index in [2.05, 4.69) is 6.92 Å². The average Bonchev–Trinajstić information content (AvgIpc) is 2.30. The summed E-state index contributed by atoms with van der Waals surface area (Å²) >= 11 is 0. The first-order valence-corrected chi connectivity index (χ1v) is 6.11. The van der Waals surface area contributed by atoms with Crippen LogP contribution in [0, 0.1) is 0 Å². The van der Waals surface area contributed by atoms with Crippen molar-refractivity contribution in [1.29, 1.82) is 0 Å². The van der Waals surface area contributed by atoms with Crippen molar-refractivity contribution in [2.75, 3.05) is 6.61 Å². The quantitative estimate of drug-likeness (QED) is 0.715. The van der Waals surface area contributed by atoms with Crippen molar-refractivity contribution in [3.8, 4) is 0 Å². The molecule has 0 saturated carbocycles. The van der Waals surface area contributed by atoms with E-state index in [0.29, 0.717) is 5.56 Å². The summed E-state index contributed by atoms with van der Waals surface area (Å²) < 4.78 is 0. The Bertz CT molecular complexity index is 360. The number of rotatable bonds is 7. The highest BCUT2D eigenvalue weighted by atomic mass is 16.4. The SMILES string of the molecule is CCCCCc1cccc(C(CO)C(=O)O)c1. The van der Waals surface area contributed by atoms with E-state index < -0.39 is 11.9 Å². The van der Waals surface area contributed by atoms with E-state index in [4.69, 9.17) is 10.2 Å². The van der Waals surface area contributed by atoms with Crippen LogP contribution in [0.25, 0.3) is 0 Å². The number of carboxylic acids is 1. The molecule has 0 fully saturated rings. The smallest absolute Gasteiger partial charge is 0.313 e. The van der Waals surface area contributed by atoms with Crippen LogP contribution < -0.4 is 0 Å². The standard InChI is InChI=1S/C14H20O3/c1-2-3-4-6-11-7-5-8-12(9-11)13(10-15)14(16)17/h5,7-9,13,15H,2-4,6,10H2,1H3,(H,16,17). The molecular formula is C14H20O3. The maximum absolute atomic E-state index is 10.9. The molecule has 0 aromatic heterocycles. The monoisotopic (exact) mass is 236 g/mol. The molecule has 1 rings (SSSR count). The molecule has 0 bridgehead atoms. The Balaban J connectivity index is 2.73. The van der Waals surface area contributed by atoms with Crippen molar-refractivity contribution in [2.45, 2.75) is 38.5 Å². The minimum Gasteiger partial charge on any atom is -0.481 e. The number of carbonyl (C=O) groups is 1. The average molecular weight is 236 g/mol. The molecule has 1 unspecified atom stereocenters. The molecule has 1 aromatic rings. The van der Waals surface area contributed by atoms with Crippen molar-refractivity contribution in [2.24, 2.45) is 0 Å². The number of benzene rings is 1. The molecule has 2 N–H and O–H groups in total. The summed E-state index contributed by atoms with van der Waals surface area (Å²) in [4.78, 5) is 10.9. The largest absolute Gasteiger partial charge is 0.481 e. The van der Waals surface area contributed by atoms with Gasteiger partial charge in [0.05, 0.1) is 6.61 Å². The van der Waals surface area contributed by atoms with Crippen LogP contribution in [0.3, 0.4) is 0 Å². The van der Waals surface area contributed by atoms with E-state index in [9.17, 15) is 4.79 Å². The second-order valence-corrected chi connectivity index (χ2v) is 4.28. The van der Waals surface area contributed by atoms with E-state index in [1.165, 1.54) is 12.8 Å². The highest BCUT2D eigenvalue weighted by molar-refractivity contribution is 5.76. The van der Waals surface area contributed by atoms with E-state index in [1.807, 2.05) is 18.2 Å². The Morgan fingerprint density at radius 3 is 2.71 bits per heavy atom. The number of aryl methyl sites for hydroxylation is 1. The summed E-state index contributed by atoms with van der Waals surface area (Å²) in [6.45, 7) is 1.80. The number of unbranched alkanes of at least 4 members (excludes halogenated alkanes) is 2. The third kappa shape index (κ3) is 4.19. The first-order valence-electron chi connectivity index (χ1n) is 6.11. The predicted octanol–water partition coefficient (Wildman–Crippen LogP) is 2.58. The number of aliphatic carboxylic acids is 1. The van der Waals surface area contributed by atoms with Crippen molar-refractivity contribution in [1.82, 2.24) is 0 Å². The molecule has 17 heavy (non-hydrogen) atoms. The van der Waals surface area contributed by atoms with Gasteiger partial charge in [-0.3, -0.25) is 4.79 Å². The molecule has 0 saturated heterocycles. The Labute approximate surface area is 102 Å². The Hall–Kier alpha value is -1.35. The third-order valence-corrected chi connectivity index (χ3v) is 2.90. The van der Waals surface area contributed by atoms with Crippen LogP contribution >= 0.6 is 0 Å². The second kappa shape index (κ2) is 7.07. The molecule has 1 aromatic carbocycles. The third-order valence-electron chi connectivity index (χ3n) is 2.90. The molecule has 0 radical (unpaired) electrons. The molecule has 0 amide bonds. The lowest BCUT2D eigenvalue weighted by Gasteiger charge is -2.11. The molecule has 0 spiro atoms. The van der Waals surface area contributed by atoms with Gasteiger partial charge in [-0.25, -0.2) is 0 Å². The van der Waals surface area contributed by atoms with Crippen LogP contribution in [0.5, 0.6) is 0 Å². The van der Waals surface area contributed by atoms with Crippen LogP contribution in [0.1, 0.15) is 43.2 Å². The van der Waals surface area contributed by atoms with E-state index in [0.717, 1.165) is 18.4 Å².